The van der Waals surface area contributed by atoms with Gasteiger partial charge in [0, 0.05) is 43.0 Å². The number of anilines is 2. The summed E-state index contributed by atoms with van der Waals surface area (Å²) in [7, 11) is 0. The number of carboxylic acids is 2. The number of aliphatic carboxylic acids is 2. The topological polar surface area (TPSA) is 226 Å². The van der Waals surface area contributed by atoms with Crippen LogP contribution in [0.2, 0.25) is 0 Å². The summed E-state index contributed by atoms with van der Waals surface area (Å²) < 4.78 is 5.38. The Morgan fingerprint density at radius 1 is 0.851 bits per heavy atom. The second kappa shape index (κ2) is 17.6. The fraction of sp³-hybridized carbons (Fsp3) is 0.469. The molecule has 4 amide bonds. The lowest BCUT2D eigenvalue weighted by Crippen LogP contribution is -2.46. The highest BCUT2D eigenvalue weighted by Crippen LogP contribution is 2.26. The largest absolute Gasteiger partial charge is 0.480 e. The summed E-state index contributed by atoms with van der Waals surface area (Å²) in [5.74, 6) is -4.20. The maximum absolute atomic E-state index is 13.3. The van der Waals surface area contributed by atoms with Crippen molar-refractivity contribution in [3.8, 4) is 0 Å². The van der Waals surface area contributed by atoms with Crippen LogP contribution in [0.3, 0.4) is 0 Å². The molecule has 0 aliphatic rings. The zero-order chi connectivity index (χ0) is 35.3. The minimum absolute atomic E-state index is 0.0732. The molecule has 6 N–H and O–H groups in total. The highest BCUT2D eigenvalue weighted by molar-refractivity contribution is 5.99. The van der Waals surface area contributed by atoms with Gasteiger partial charge in [-0.05, 0) is 47.6 Å². The molecule has 0 saturated heterocycles. The Morgan fingerprint density at radius 2 is 1.38 bits per heavy atom. The third kappa shape index (κ3) is 13.9. The van der Waals surface area contributed by atoms with Crippen LogP contribution >= 0.6 is 0 Å². The first-order chi connectivity index (χ1) is 21.9. The van der Waals surface area contributed by atoms with Crippen LogP contribution < -0.4 is 21.3 Å². The van der Waals surface area contributed by atoms with Crippen LogP contribution in [0.5, 0.6) is 0 Å². The Kier molecular flexibility index (Phi) is 14.3. The molecule has 15 heteroatoms. The van der Waals surface area contributed by atoms with Crippen molar-refractivity contribution in [2.45, 2.75) is 71.9 Å². The lowest BCUT2D eigenvalue weighted by Gasteiger charge is -2.23. The number of carbonyl (C=O) groups excluding carboxylic acids is 3. The van der Waals surface area contributed by atoms with Gasteiger partial charge in [0.05, 0.1) is 17.4 Å². The van der Waals surface area contributed by atoms with Gasteiger partial charge in [-0.3, -0.25) is 19.7 Å². The molecule has 3 unspecified atom stereocenters. The summed E-state index contributed by atoms with van der Waals surface area (Å²) >= 11 is 0. The molecule has 0 aliphatic heterocycles. The Balaban J connectivity index is 1.99. The molecule has 2 aromatic rings. The molecule has 0 fully saturated rings. The normalized spacial score (nSPS) is 13.1. The first kappa shape index (κ1) is 38.1. The van der Waals surface area contributed by atoms with E-state index in [2.05, 4.69) is 21.3 Å². The first-order valence-electron chi connectivity index (χ1n) is 15.0. The van der Waals surface area contributed by atoms with Crippen LogP contribution in [0.15, 0.2) is 48.5 Å². The predicted octanol–water partition coefficient (Wildman–Crippen LogP) is 4.35. The number of nitrogens with zero attached hydrogens (tertiary/aromatic N) is 1. The van der Waals surface area contributed by atoms with E-state index in [9.17, 15) is 44.3 Å². The van der Waals surface area contributed by atoms with Crippen LogP contribution in [0.1, 0.15) is 65.4 Å². The summed E-state index contributed by atoms with van der Waals surface area (Å²) in [6.45, 7) is 8.78. The summed E-state index contributed by atoms with van der Waals surface area (Å²) in [5, 5.41) is 40.1. The Hall–Kier alpha value is -5.05. The smallest absolute Gasteiger partial charge is 0.328 e. The molecule has 0 bridgehead atoms. The van der Waals surface area contributed by atoms with Crippen LogP contribution in [-0.4, -0.2) is 70.2 Å². The van der Waals surface area contributed by atoms with E-state index < -0.39 is 52.7 Å². The fourth-order valence-corrected chi connectivity index (χ4v) is 4.46. The van der Waals surface area contributed by atoms with Gasteiger partial charge in [0.2, 0.25) is 11.8 Å². The Morgan fingerprint density at radius 3 is 1.85 bits per heavy atom. The number of ether oxygens (including phenoxy) is 1. The number of nitro benzene ring substituents is 1. The molecule has 256 valence electrons. The molecule has 0 saturated carbocycles. The predicted molar refractivity (Wildman–Crippen MR) is 173 cm³/mol. The van der Waals surface area contributed by atoms with Crippen molar-refractivity contribution in [1.82, 2.24) is 10.6 Å². The Labute approximate surface area is 272 Å². The maximum Gasteiger partial charge on any atom is 0.328 e. The van der Waals surface area contributed by atoms with E-state index >= 15 is 0 Å². The SMILES string of the molecule is CC(C)CC(C(=O)NC(CCOCC(NC(=O)CC(C)(C)C)C(=O)O)C(=O)O)c1ccc(NC(=O)Nc2ccc([N+](=O)[O-])cc2)cc1. The van der Waals surface area contributed by atoms with Crippen LogP contribution in [0, 0.1) is 21.4 Å². The van der Waals surface area contributed by atoms with E-state index in [-0.39, 0.29) is 43.1 Å². The highest BCUT2D eigenvalue weighted by atomic mass is 16.6. The fourth-order valence-electron chi connectivity index (χ4n) is 4.46. The van der Waals surface area contributed by atoms with E-state index in [1.165, 1.54) is 24.3 Å². The number of urea groups is 1. The third-order valence-electron chi connectivity index (χ3n) is 6.70. The summed E-state index contributed by atoms with van der Waals surface area (Å²) in [6.07, 6.45) is 0.363. The number of non-ortho nitro benzene ring substituents is 1. The van der Waals surface area contributed by atoms with Crippen molar-refractivity contribution >= 4 is 46.8 Å². The lowest BCUT2D eigenvalue weighted by molar-refractivity contribution is -0.384. The van der Waals surface area contributed by atoms with Crippen LogP contribution in [0.25, 0.3) is 0 Å². The average molecular weight is 658 g/mol. The second-order valence-electron chi connectivity index (χ2n) is 12.6. The van der Waals surface area contributed by atoms with Gasteiger partial charge in [-0.15, -0.1) is 0 Å². The van der Waals surface area contributed by atoms with Gasteiger partial charge in [-0.25, -0.2) is 14.4 Å². The number of carbonyl (C=O) groups is 5. The van der Waals surface area contributed by atoms with Gasteiger partial charge >= 0.3 is 18.0 Å². The number of nitro groups is 1. The van der Waals surface area contributed by atoms with Crippen molar-refractivity contribution < 1.29 is 43.8 Å². The summed E-state index contributed by atoms with van der Waals surface area (Å²) in [4.78, 5) is 71.7. The van der Waals surface area contributed by atoms with Crippen LogP contribution in [-0.2, 0) is 23.9 Å². The van der Waals surface area contributed by atoms with Gasteiger partial charge in [0.25, 0.3) is 5.69 Å². The van der Waals surface area contributed by atoms with Crippen molar-refractivity contribution in [3.63, 3.8) is 0 Å². The molecule has 2 aromatic carbocycles. The van der Waals surface area contributed by atoms with E-state index in [1.807, 2.05) is 34.6 Å². The molecular weight excluding hydrogens is 614 g/mol. The van der Waals surface area contributed by atoms with Gasteiger partial charge in [-0.1, -0.05) is 46.8 Å². The molecule has 0 radical (unpaired) electrons. The number of amides is 4. The minimum Gasteiger partial charge on any atom is -0.480 e. The van der Waals surface area contributed by atoms with E-state index in [0.29, 0.717) is 23.4 Å². The minimum atomic E-state index is -1.32. The molecule has 47 heavy (non-hydrogen) atoms. The average Bonchev–Trinajstić information content (AvgIpc) is 2.96. The number of hydrogen-bond donors (Lipinski definition) is 6. The van der Waals surface area contributed by atoms with Gasteiger partial charge in [-0.2, -0.15) is 0 Å². The molecule has 15 nitrogen and oxygen atoms in total. The standard InChI is InChI=1S/C32H43N5O10/c1-19(2)16-24(20-6-8-21(9-7-20)33-31(44)34-22-10-12-23(13-11-22)37(45)46)28(39)36-25(29(40)41)14-15-47-18-26(30(42)43)35-27(38)17-32(3,4)5/h6-13,19,24-26H,14-18H2,1-5H3,(H,35,38)(H,36,39)(H,40,41)(H,42,43)(H2,33,34,44). The number of nitrogens with one attached hydrogen (secondary N) is 4. The number of rotatable bonds is 17. The van der Waals surface area contributed by atoms with Crippen LogP contribution in [0.4, 0.5) is 21.9 Å². The zero-order valence-electron chi connectivity index (χ0n) is 27.1. The molecule has 0 aliphatic carbocycles. The van der Waals surface area contributed by atoms with Crippen molar-refractivity contribution in [3.05, 3.63) is 64.2 Å². The third-order valence-corrected chi connectivity index (χ3v) is 6.70. The maximum atomic E-state index is 13.3. The van der Waals surface area contributed by atoms with E-state index in [0.717, 1.165) is 0 Å². The second-order valence-corrected chi connectivity index (χ2v) is 12.6. The Bertz CT molecular complexity index is 1400. The van der Waals surface area contributed by atoms with Gasteiger partial charge in [0.15, 0.2) is 6.04 Å². The molecule has 2 rings (SSSR count). The van der Waals surface area contributed by atoms with Crippen molar-refractivity contribution in [2.75, 3.05) is 23.8 Å². The molecular formula is C32H43N5O10. The zero-order valence-corrected chi connectivity index (χ0v) is 27.1. The molecule has 0 spiro atoms. The van der Waals surface area contributed by atoms with Gasteiger partial charge in [0.1, 0.15) is 6.04 Å². The molecule has 0 aromatic heterocycles. The number of benzene rings is 2. The number of carboxylic acid groups (broad SMARTS) is 2. The lowest BCUT2D eigenvalue weighted by atomic mass is 9.89. The van der Waals surface area contributed by atoms with E-state index in [4.69, 9.17) is 4.74 Å². The quantitative estimate of drug-likeness (QED) is 0.0801. The molecule has 0 heterocycles. The number of hydrogen-bond acceptors (Lipinski definition) is 8. The first-order valence-corrected chi connectivity index (χ1v) is 15.0. The van der Waals surface area contributed by atoms with E-state index in [1.54, 1.807) is 24.3 Å². The molecule has 3 atom stereocenters. The van der Waals surface area contributed by atoms with Gasteiger partial charge < -0.3 is 36.2 Å². The van der Waals surface area contributed by atoms with Crippen molar-refractivity contribution in [1.29, 1.82) is 0 Å². The monoisotopic (exact) mass is 657 g/mol. The van der Waals surface area contributed by atoms with Crippen molar-refractivity contribution in [2.24, 2.45) is 11.3 Å². The highest BCUT2D eigenvalue weighted by Gasteiger charge is 2.28. The summed E-state index contributed by atoms with van der Waals surface area (Å²) in [5.41, 5.74) is 0.890. The summed E-state index contributed by atoms with van der Waals surface area (Å²) in [6, 6.07) is 8.57.